The van der Waals surface area contributed by atoms with E-state index in [1.165, 1.54) is 4.68 Å². The molecule has 24 heavy (non-hydrogen) atoms. The minimum atomic E-state index is -0.210. The minimum Gasteiger partial charge on any atom is -0.340 e. The summed E-state index contributed by atoms with van der Waals surface area (Å²) in [6, 6.07) is 7.28. The molecular formula is C16H22ClN5O2. The molecule has 2 heterocycles. The van der Waals surface area contributed by atoms with E-state index in [-0.39, 0.29) is 42.9 Å². The van der Waals surface area contributed by atoms with Gasteiger partial charge in [-0.3, -0.25) is 9.59 Å². The largest absolute Gasteiger partial charge is 0.340 e. The summed E-state index contributed by atoms with van der Waals surface area (Å²) in [5, 5.41) is 8.47. The van der Waals surface area contributed by atoms with Crippen LogP contribution in [0.2, 0.25) is 0 Å². The van der Waals surface area contributed by atoms with Gasteiger partial charge in [0.15, 0.2) is 0 Å². The highest BCUT2D eigenvalue weighted by molar-refractivity contribution is 5.85. The third kappa shape index (κ3) is 3.57. The number of likely N-dealkylation sites (tertiary alicyclic amines) is 1. The number of hydrogen-bond donors (Lipinski definition) is 1. The monoisotopic (exact) mass is 351 g/mol. The number of carbonyl (C=O) groups is 1. The lowest BCUT2D eigenvalue weighted by atomic mass is 10.1. The van der Waals surface area contributed by atoms with Crippen molar-refractivity contribution in [1.82, 2.24) is 19.9 Å². The molecule has 1 amide bonds. The van der Waals surface area contributed by atoms with E-state index in [2.05, 4.69) is 10.3 Å². The van der Waals surface area contributed by atoms with Crippen molar-refractivity contribution in [2.24, 2.45) is 11.7 Å². The first-order valence-electron chi connectivity index (χ1n) is 7.92. The average Bonchev–Trinajstić information content (AvgIpc) is 2.95. The van der Waals surface area contributed by atoms with E-state index >= 15 is 0 Å². The number of carbonyl (C=O) groups excluding carboxylic acids is 1. The van der Waals surface area contributed by atoms with Crippen LogP contribution >= 0.6 is 12.4 Å². The second-order valence-corrected chi connectivity index (χ2v) is 6.12. The summed E-state index contributed by atoms with van der Waals surface area (Å²) < 4.78 is 1.27. The Labute approximate surface area is 146 Å². The maximum atomic E-state index is 12.4. The molecule has 0 saturated carbocycles. The standard InChI is InChI=1S/C16H21N5O2.ClH/c1-11-8-12(9-17)10-20(11)15(22)6-7-21-16(23)13-4-2-3-5-14(13)18-19-21;/h2-5,11-12H,6-10,17H2,1H3;1H. The molecule has 0 bridgehead atoms. The molecule has 0 aliphatic carbocycles. The summed E-state index contributed by atoms with van der Waals surface area (Å²) in [5.41, 5.74) is 6.05. The second kappa shape index (κ2) is 7.72. The van der Waals surface area contributed by atoms with E-state index < -0.39 is 0 Å². The molecule has 2 atom stereocenters. The number of nitrogens with zero attached hydrogens (tertiary/aromatic N) is 4. The Hall–Kier alpha value is -1.99. The van der Waals surface area contributed by atoms with Gasteiger partial charge in [0.1, 0.15) is 5.52 Å². The van der Waals surface area contributed by atoms with Crippen molar-refractivity contribution in [1.29, 1.82) is 0 Å². The van der Waals surface area contributed by atoms with Gasteiger partial charge in [-0.05, 0) is 37.9 Å². The van der Waals surface area contributed by atoms with Crippen LogP contribution in [-0.2, 0) is 11.3 Å². The van der Waals surface area contributed by atoms with Gasteiger partial charge in [0.05, 0.1) is 11.9 Å². The van der Waals surface area contributed by atoms with Gasteiger partial charge in [0, 0.05) is 19.0 Å². The van der Waals surface area contributed by atoms with Crippen molar-refractivity contribution >= 4 is 29.2 Å². The van der Waals surface area contributed by atoms with Gasteiger partial charge in [0.25, 0.3) is 5.56 Å². The molecule has 1 aromatic carbocycles. The molecule has 3 rings (SSSR count). The minimum absolute atomic E-state index is 0. The van der Waals surface area contributed by atoms with Gasteiger partial charge in [-0.2, -0.15) is 0 Å². The third-order valence-electron chi connectivity index (χ3n) is 4.48. The maximum Gasteiger partial charge on any atom is 0.277 e. The molecule has 2 N–H and O–H groups in total. The number of hydrogen-bond acceptors (Lipinski definition) is 5. The summed E-state index contributed by atoms with van der Waals surface area (Å²) in [6.07, 6.45) is 1.19. The Balaban J connectivity index is 0.00000208. The molecule has 0 spiro atoms. The number of amides is 1. The van der Waals surface area contributed by atoms with Crippen LogP contribution in [0, 0.1) is 5.92 Å². The van der Waals surface area contributed by atoms with E-state index in [0.29, 0.717) is 29.9 Å². The predicted molar refractivity (Wildman–Crippen MR) is 94.0 cm³/mol. The lowest BCUT2D eigenvalue weighted by molar-refractivity contribution is -0.132. The fourth-order valence-electron chi connectivity index (χ4n) is 3.18. The Morgan fingerprint density at radius 3 is 2.83 bits per heavy atom. The highest BCUT2D eigenvalue weighted by atomic mass is 35.5. The Morgan fingerprint density at radius 1 is 1.38 bits per heavy atom. The molecule has 1 aliphatic heterocycles. The molecule has 1 aromatic heterocycles. The van der Waals surface area contributed by atoms with Crippen molar-refractivity contribution < 1.29 is 4.79 Å². The van der Waals surface area contributed by atoms with Crippen molar-refractivity contribution in [3.63, 3.8) is 0 Å². The van der Waals surface area contributed by atoms with Crippen LogP contribution in [-0.4, -0.2) is 44.9 Å². The maximum absolute atomic E-state index is 12.4. The van der Waals surface area contributed by atoms with E-state index in [1.54, 1.807) is 18.2 Å². The van der Waals surface area contributed by atoms with Crippen molar-refractivity contribution in [3.8, 4) is 0 Å². The number of rotatable bonds is 4. The van der Waals surface area contributed by atoms with Gasteiger partial charge < -0.3 is 10.6 Å². The van der Waals surface area contributed by atoms with Gasteiger partial charge in [-0.1, -0.05) is 17.3 Å². The molecule has 7 nitrogen and oxygen atoms in total. The third-order valence-corrected chi connectivity index (χ3v) is 4.48. The van der Waals surface area contributed by atoms with Crippen LogP contribution in [0.5, 0.6) is 0 Å². The first-order chi connectivity index (χ1) is 11.1. The fourth-order valence-corrected chi connectivity index (χ4v) is 3.18. The van der Waals surface area contributed by atoms with Crippen LogP contribution < -0.4 is 11.3 Å². The topological polar surface area (TPSA) is 94.1 Å². The number of aromatic nitrogens is 3. The molecular weight excluding hydrogens is 330 g/mol. The Morgan fingerprint density at radius 2 is 2.12 bits per heavy atom. The summed E-state index contributed by atoms with van der Waals surface area (Å²) in [4.78, 5) is 26.6. The SMILES string of the molecule is CC1CC(CN)CN1C(=O)CCn1nnc2ccccc2c1=O.Cl. The molecule has 1 fully saturated rings. The number of fused-ring (bicyclic) bond motifs is 1. The first kappa shape index (κ1) is 18.4. The van der Waals surface area contributed by atoms with Crippen molar-refractivity contribution in [3.05, 3.63) is 34.6 Å². The smallest absolute Gasteiger partial charge is 0.277 e. The van der Waals surface area contributed by atoms with Crippen molar-refractivity contribution in [2.75, 3.05) is 13.1 Å². The number of aryl methyl sites for hydroxylation is 1. The highest BCUT2D eigenvalue weighted by Gasteiger charge is 2.31. The van der Waals surface area contributed by atoms with E-state index in [1.807, 2.05) is 17.9 Å². The zero-order valence-corrected chi connectivity index (χ0v) is 14.4. The fraction of sp³-hybridized carbons (Fsp3) is 0.500. The van der Waals surface area contributed by atoms with Crippen LogP contribution in [0.15, 0.2) is 29.1 Å². The van der Waals surface area contributed by atoms with E-state index in [0.717, 1.165) is 6.42 Å². The molecule has 1 aliphatic rings. The van der Waals surface area contributed by atoms with Crippen molar-refractivity contribution in [2.45, 2.75) is 32.4 Å². The molecule has 2 aromatic rings. The van der Waals surface area contributed by atoms with Crippen LogP contribution in [0.25, 0.3) is 10.9 Å². The molecule has 8 heteroatoms. The number of nitrogens with two attached hydrogens (primary N) is 1. The quantitative estimate of drug-likeness (QED) is 0.879. The average molecular weight is 352 g/mol. The molecule has 1 saturated heterocycles. The van der Waals surface area contributed by atoms with Gasteiger partial charge in [0.2, 0.25) is 5.91 Å². The zero-order chi connectivity index (χ0) is 16.4. The first-order valence-corrected chi connectivity index (χ1v) is 7.92. The molecule has 2 unspecified atom stereocenters. The van der Waals surface area contributed by atoms with E-state index in [4.69, 9.17) is 5.73 Å². The van der Waals surface area contributed by atoms with Gasteiger partial charge in [-0.25, -0.2) is 4.68 Å². The summed E-state index contributed by atoms with van der Waals surface area (Å²) in [6.45, 7) is 3.58. The second-order valence-electron chi connectivity index (χ2n) is 6.12. The lowest BCUT2D eigenvalue weighted by Crippen LogP contribution is -2.36. The molecule has 0 radical (unpaired) electrons. The Kier molecular flexibility index (Phi) is 5.90. The van der Waals surface area contributed by atoms with Crippen LogP contribution in [0.1, 0.15) is 19.8 Å². The summed E-state index contributed by atoms with van der Waals surface area (Å²) >= 11 is 0. The highest BCUT2D eigenvalue weighted by Crippen LogP contribution is 2.22. The molecule has 130 valence electrons. The van der Waals surface area contributed by atoms with E-state index in [9.17, 15) is 9.59 Å². The summed E-state index contributed by atoms with van der Waals surface area (Å²) in [7, 11) is 0. The lowest BCUT2D eigenvalue weighted by Gasteiger charge is -2.21. The van der Waals surface area contributed by atoms with Gasteiger partial charge >= 0.3 is 0 Å². The van der Waals surface area contributed by atoms with Crippen LogP contribution in [0.4, 0.5) is 0 Å². The number of benzene rings is 1. The van der Waals surface area contributed by atoms with Crippen LogP contribution in [0.3, 0.4) is 0 Å². The summed E-state index contributed by atoms with van der Waals surface area (Å²) in [5.74, 6) is 0.410. The zero-order valence-electron chi connectivity index (χ0n) is 13.6. The normalized spacial score (nSPS) is 20.2. The van der Waals surface area contributed by atoms with Gasteiger partial charge in [-0.15, -0.1) is 17.5 Å². The Bertz CT molecular complexity index is 778. The number of halogens is 1. The predicted octanol–water partition coefficient (Wildman–Crippen LogP) is 0.799.